The van der Waals surface area contributed by atoms with E-state index in [4.69, 9.17) is 4.74 Å². The Bertz CT molecular complexity index is 687. The number of hydrogen-bond donors (Lipinski definition) is 1. The van der Waals surface area contributed by atoms with Crippen molar-refractivity contribution in [2.75, 3.05) is 6.61 Å². The van der Waals surface area contributed by atoms with Crippen LogP contribution in [0.3, 0.4) is 0 Å². The summed E-state index contributed by atoms with van der Waals surface area (Å²) in [6.45, 7) is 2.20. The van der Waals surface area contributed by atoms with Crippen molar-refractivity contribution in [2.45, 2.75) is 19.4 Å². The Morgan fingerprint density at radius 1 is 1.19 bits per heavy atom. The van der Waals surface area contributed by atoms with E-state index in [1.807, 2.05) is 55.5 Å². The molecule has 1 aliphatic heterocycles. The van der Waals surface area contributed by atoms with Crippen LogP contribution in [0.2, 0.25) is 0 Å². The van der Waals surface area contributed by atoms with Gasteiger partial charge in [0.15, 0.2) is 0 Å². The maximum Gasteiger partial charge on any atom is 0.125 e. The van der Waals surface area contributed by atoms with Crippen molar-refractivity contribution in [3.8, 4) is 11.8 Å². The summed E-state index contributed by atoms with van der Waals surface area (Å²) in [6.07, 6.45) is -0.370. The van der Waals surface area contributed by atoms with Crippen molar-refractivity contribution in [1.82, 2.24) is 0 Å². The van der Waals surface area contributed by atoms with Gasteiger partial charge in [-0.3, -0.25) is 0 Å². The molecule has 1 heterocycles. The van der Waals surface area contributed by atoms with Gasteiger partial charge >= 0.3 is 0 Å². The fourth-order valence-electron chi connectivity index (χ4n) is 2.76. The molecule has 0 fully saturated rings. The molecule has 0 spiro atoms. The average Bonchev–Trinajstić information content (AvgIpc) is 2.54. The first-order valence-electron chi connectivity index (χ1n) is 7.01. The number of aryl methyl sites for hydroxylation is 1. The third kappa shape index (κ3) is 2.39. The van der Waals surface area contributed by atoms with Crippen molar-refractivity contribution >= 4 is 0 Å². The lowest BCUT2D eigenvalue weighted by atomic mass is 9.74. The molecule has 21 heavy (non-hydrogen) atoms. The van der Waals surface area contributed by atoms with Gasteiger partial charge in [0.05, 0.1) is 6.07 Å². The molecule has 106 valence electrons. The van der Waals surface area contributed by atoms with E-state index >= 15 is 0 Å². The van der Waals surface area contributed by atoms with Crippen LogP contribution in [0, 0.1) is 23.7 Å². The van der Waals surface area contributed by atoms with Crippen molar-refractivity contribution in [3.05, 3.63) is 65.2 Å². The van der Waals surface area contributed by atoms with Gasteiger partial charge in [-0.25, -0.2) is 0 Å². The molecule has 3 heteroatoms. The SMILES string of the molecule is Cc1ccc(C(O)C2(C#N)COc3ccccc3C2)cc1. The molecule has 2 atom stereocenters. The minimum atomic E-state index is -0.941. The van der Waals surface area contributed by atoms with Crippen molar-refractivity contribution in [2.24, 2.45) is 5.41 Å². The zero-order valence-corrected chi connectivity index (χ0v) is 11.9. The minimum absolute atomic E-state index is 0.204. The zero-order valence-electron chi connectivity index (χ0n) is 11.9. The van der Waals surface area contributed by atoms with E-state index in [-0.39, 0.29) is 6.61 Å². The number of para-hydroxylation sites is 1. The van der Waals surface area contributed by atoms with Gasteiger partial charge in [0.25, 0.3) is 0 Å². The maximum atomic E-state index is 10.7. The Hall–Kier alpha value is -2.31. The predicted molar refractivity (Wildman–Crippen MR) is 79.8 cm³/mol. The number of aliphatic hydroxyl groups excluding tert-OH is 1. The van der Waals surface area contributed by atoms with Crippen molar-refractivity contribution < 1.29 is 9.84 Å². The predicted octanol–water partition coefficient (Wildman–Crippen LogP) is 3.17. The van der Waals surface area contributed by atoms with Crippen LogP contribution < -0.4 is 4.74 Å². The number of aliphatic hydroxyl groups is 1. The van der Waals surface area contributed by atoms with Crippen LogP contribution in [0.5, 0.6) is 5.75 Å². The molecule has 2 aromatic rings. The van der Waals surface area contributed by atoms with E-state index in [0.717, 1.165) is 22.4 Å². The van der Waals surface area contributed by atoms with Gasteiger partial charge in [0.2, 0.25) is 0 Å². The summed E-state index contributed by atoms with van der Waals surface area (Å²) >= 11 is 0. The van der Waals surface area contributed by atoms with Crippen LogP contribution in [-0.2, 0) is 6.42 Å². The lowest BCUT2D eigenvalue weighted by Gasteiger charge is -2.36. The second kappa shape index (κ2) is 5.23. The Labute approximate surface area is 124 Å². The Morgan fingerprint density at radius 2 is 1.90 bits per heavy atom. The Morgan fingerprint density at radius 3 is 2.62 bits per heavy atom. The fourth-order valence-corrected chi connectivity index (χ4v) is 2.76. The second-order valence-electron chi connectivity index (χ2n) is 5.65. The van der Waals surface area contributed by atoms with Gasteiger partial charge in [-0.2, -0.15) is 5.26 Å². The molecule has 3 rings (SSSR count). The molecule has 3 nitrogen and oxygen atoms in total. The number of benzene rings is 2. The number of fused-ring (bicyclic) bond motifs is 1. The molecule has 0 bridgehead atoms. The third-order valence-corrected chi connectivity index (χ3v) is 4.10. The van der Waals surface area contributed by atoms with E-state index in [9.17, 15) is 10.4 Å². The molecule has 1 N–H and O–H groups in total. The van der Waals surface area contributed by atoms with Crippen LogP contribution in [0.4, 0.5) is 0 Å². The lowest BCUT2D eigenvalue weighted by molar-refractivity contribution is 0.0172. The summed E-state index contributed by atoms with van der Waals surface area (Å²) in [5.41, 5.74) is 1.91. The van der Waals surface area contributed by atoms with Crippen LogP contribution >= 0.6 is 0 Å². The molecule has 0 amide bonds. The molecule has 0 saturated heterocycles. The number of ether oxygens (including phenoxy) is 1. The maximum absolute atomic E-state index is 10.7. The smallest absolute Gasteiger partial charge is 0.125 e. The summed E-state index contributed by atoms with van der Waals surface area (Å²) in [6, 6.07) is 17.6. The van der Waals surface area contributed by atoms with Crippen molar-refractivity contribution in [1.29, 1.82) is 5.26 Å². The Balaban J connectivity index is 1.95. The molecule has 0 aliphatic carbocycles. The average molecular weight is 279 g/mol. The summed E-state index contributed by atoms with van der Waals surface area (Å²) < 4.78 is 5.71. The van der Waals surface area contributed by atoms with Crippen molar-refractivity contribution in [3.63, 3.8) is 0 Å². The summed E-state index contributed by atoms with van der Waals surface area (Å²) in [5, 5.41) is 20.4. The molecule has 0 aromatic heterocycles. The Kier molecular flexibility index (Phi) is 3.40. The van der Waals surface area contributed by atoms with Gasteiger partial charge in [-0.15, -0.1) is 0 Å². The van der Waals surface area contributed by atoms with Crippen LogP contribution in [-0.4, -0.2) is 11.7 Å². The highest BCUT2D eigenvalue weighted by Crippen LogP contribution is 2.42. The summed E-state index contributed by atoms with van der Waals surface area (Å²) in [5.74, 6) is 0.805. The van der Waals surface area contributed by atoms with Crippen LogP contribution in [0.1, 0.15) is 22.8 Å². The number of hydrogen-bond acceptors (Lipinski definition) is 3. The normalized spacial score (nSPS) is 21.8. The lowest BCUT2D eigenvalue weighted by Crippen LogP contribution is -2.39. The molecule has 0 saturated carbocycles. The minimum Gasteiger partial charge on any atom is -0.492 e. The number of rotatable bonds is 2. The third-order valence-electron chi connectivity index (χ3n) is 4.10. The molecule has 2 unspecified atom stereocenters. The topological polar surface area (TPSA) is 53.2 Å². The van der Waals surface area contributed by atoms with Gasteiger partial charge in [-0.05, 0) is 24.1 Å². The van der Waals surface area contributed by atoms with Gasteiger partial charge in [-0.1, -0.05) is 48.0 Å². The summed E-state index contributed by atoms with van der Waals surface area (Å²) in [4.78, 5) is 0. The van der Waals surface area contributed by atoms with Gasteiger partial charge < -0.3 is 9.84 Å². The molecule has 0 radical (unpaired) electrons. The van der Waals surface area contributed by atoms with E-state index < -0.39 is 11.5 Å². The number of nitrogens with zero attached hydrogens (tertiary/aromatic N) is 1. The monoisotopic (exact) mass is 279 g/mol. The van der Waals surface area contributed by atoms with E-state index in [2.05, 4.69) is 6.07 Å². The first kappa shape index (κ1) is 13.7. The first-order chi connectivity index (χ1) is 10.1. The van der Waals surface area contributed by atoms with E-state index in [0.29, 0.717) is 6.42 Å². The highest BCUT2D eigenvalue weighted by atomic mass is 16.5. The quantitative estimate of drug-likeness (QED) is 0.918. The molecule has 1 aliphatic rings. The van der Waals surface area contributed by atoms with E-state index in [1.54, 1.807) is 0 Å². The highest BCUT2D eigenvalue weighted by molar-refractivity contribution is 5.39. The van der Waals surface area contributed by atoms with Gasteiger partial charge in [0.1, 0.15) is 23.9 Å². The molecular weight excluding hydrogens is 262 g/mol. The highest BCUT2D eigenvalue weighted by Gasteiger charge is 2.43. The van der Waals surface area contributed by atoms with Crippen LogP contribution in [0.25, 0.3) is 0 Å². The summed E-state index contributed by atoms with van der Waals surface area (Å²) in [7, 11) is 0. The number of nitriles is 1. The first-order valence-corrected chi connectivity index (χ1v) is 7.01. The standard InChI is InChI=1S/C18H17NO2/c1-13-6-8-14(9-7-13)17(20)18(11-19)10-15-4-2-3-5-16(15)21-12-18/h2-9,17,20H,10,12H2,1H3. The largest absolute Gasteiger partial charge is 0.492 e. The molecular formula is C18H17NO2. The molecule has 2 aromatic carbocycles. The van der Waals surface area contributed by atoms with Crippen LogP contribution in [0.15, 0.2) is 48.5 Å². The second-order valence-corrected chi connectivity index (χ2v) is 5.65. The fraction of sp³-hybridized carbons (Fsp3) is 0.278. The zero-order chi connectivity index (χ0) is 14.9. The van der Waals surface area contributed by atoms with E-state index in [1.165, 1.54) is 0 Å². The van der Waals surface area contributed by atoms with Gasteiger partial charge in [0, 0.05) is 6.42 Å².